The van der Waals surface area contributed by atoms with Crippen molar-refractivity contribution in [3.05, 3.63) is 29.7 Å². The van der Waals surface area contributed by atoms with Crippen LogP contribution in [0.25, 0.3) is 11.3 Å². The molecule has 2 N–H and O–H groups in total. The van der Waals surface area contributed by atoms with Gasteiger partial charge < -0.3 is 10.1 Å². The number of hydrogen-bond acceptors (Lipinski definition) is 2. The maximum Gasteiger partial charge on any atom is 0.309 e. The third kappa shape index (κ3) is 1.71. The van der Waals surface area contributed by atoms with Gasteiger partial charge in [-0.1, -0.05) is 0 Å². The molecule has 0 saturated heterocycles. The lowest BCUT2D eigenvalue weighted by atomic mass is 10.1. The highest BCUT2D eigenvalue weighted by atomic mass is 16.4. The number of carboxylic acids is 1. The molecule has 16 heavy (non-hydrogen) atoms. The summed E-state index contributed by atoms with van der Waals surface area (Å²) < 4.78 is 1.72. The first-order valence-corrected chi connectivity index (χ1v) is 4.97. The largest absolute Gasteiger partial charge is 0.481 e. The maximum absolute atomic E-state index is 10.7. The Hall–Kier alpha value is -2.04. The Balaban J connectivity index is 2.47. The molecular formula is C11H13N3O2. The number of aryl methyl sites for hydroxylation is 1. The van der Waals surface area contributed by atoms with E-state index in [1.165, 1.54) is 0 Å². The molecule has 0 radical (unpaired) electrons. The molecule has 84 valence electrons. The second-order valence-electron chi connectivity index (χ2n) is 3.71. The standard InChI is InChI=1S/C11H13N3O2/c1-7-9(5-10(15)16)13-14(2)11(7)8-3-4-12-6-8/h3-4,6,12H,5H2,1-2H3,(H,15,16). The van der Waals surface area contributed by atoms with E-state index in [1.807, 2.05) is 32.4 Å². The first-order valence-electron chi connectivity index (χ1n) is 4.97. The van der Waals surface area contributed by atoms with E-state index in [-0.39, 0.29) is 6.42 Å². The van der Waals surface area contributed by atoms with E-state index in [0.717, 1.165) is 16.8 Å². The second kappa shape index (κ2) is 3.84. The maximum atomic E-state index is 10.7. The molecule has 2 heterocycles. The van der Waals surface area contributed by atoms with Crippen LogP contribution < -0.4 is 0 Å². The van der Waals surface area contributed by atoms with Crippen LogP contribution in [0.1, 0.15) is 11.3 Å². The van der Waals surface area contributed by atoms with Crippen LogP contribution in [0.5, 0.6) is 0 Å². The SMILES string of the molecule is Cc1c(CC(=O)O)nn(C)c1-c1cc[nH]c1. The third-order valence-electron chi connectivity index (χ3n) is 2.57. The molecular weight excluding hydrogens is 206 g/mol. The van der Waals surface area contributed by atoms with Crippen molar-refractivity contribution in [3.8, 4) is 11.3 Å². The Kier molecular flexibility index (Phi) is 2.52. The van der Waals surface area contributed by atoms with Crippen LogP contribution in [0.3, 0.4) is 0 Å². The summed E-state index contributed by atoms with van der Waals surface area (Å²) in [6.07, 6.45) is 3.66. The lowest BCUT2D eigenvalue weighted by molar-refractivity contribution is -0.136. The Morgan fingerprint density at radius 2 is 2.38 bits per heavy atom. The van der Waals surface area contributed by atoms with Gasteiger partial charge in [0.15, 0.2) is 0 Å². The van der Waals surface area contributed by atoms with Crippen LogP contribution >= 0.6 is 0 Å². The van der Waals surface area contributed by atoms with Crippen LogP contribution in [0.4, 0.5) is 0 Å². The Bertz CT molecular complexity index is 512. The molecule has 0 bridgehead atoms. The molecule has 5 nitrogen and oxygen atoms in total. The molecule has 0 saturated carbocycles. The number of H-pyrrole nitrogens is 1. The highest BCUT2D eigenvalue weighted by Crippen LogP contribution is 2.24. The van der Waals surface area contributed by atoms with E-state index >= 15 is 0 Å². The summed E-state index contributed by atoms with van der Waals surface area (Å²) in [6.45, 7) is 1.90. The van der Waals surface area contributed by atoms with Gasteiger partial charge in [0.05, 0.1) is 17.8 Å². The zero-order valence-electron chi connectivity index (χ0n) is 9.19. The molecule has 0 aromatic carbocycles. The molecule has 5 heteroatoms. The summed E-state index contributed by atoms with van der Waals surface area (Å²) in [7, 11) is 1.82. The van der Waals surface area contributed by atoms with Crippen molar-refractivity contribution in [2.24, 2.45) is 7.05 Å². The Morgan fingerprint density at radius 3 is 2.94 bits per heavy atom. The average molecular weight is 219 g/mol. The molecule has 0 spiro atoms. The molecule has 0 unspecified atom stereocenters. The number of hydrogen-bond donors (Lipinski definition) is 2. The van der Waals surface area contributed by atoms with Crippen LogP contribution in [0.2, 0.25) is 0 Å². The van der Waals surface area contributed by atoms with Crippen molar-refractivity contribution in [2.75, 3.05) is 0 Å². The van der Waals surface area contributed by atoms with E-state index < -0.39 is 5.97 Å². The molecule has 0 aliphatic carbocycles. The quantitative estimate of drug-likeness (QED) is 0.818. The number of nitrogens with zero attached hydrogens (tertiary/aromatic N) is 2. The van der Waals surface area contributed by atoms with Gasteiger partial charge in [0, 0.05) is 25.0 Å². The molecule has 2 aromatic rings. The minimum atomic E-state index is -0.859. The highest BCUT2D eigenvalue weighted by Gasteiger charge is 2.15. The van der Waals surface area contributed by atoms with Crippen molar-refractivity contribution >= 4 is 5.97 Å². The third-order valence-corrected chi connectivity index (χ3v) is 2.57. The van der Waals surface area contributed by atoms with E-state index in [0.29, 0.717) is 5.69 Å². The number of nitrogens with one attached hydrogen (secondary N) is 1. The monoisotopic (exact) mass is 219 g/mol. The van der Waals surface area contributed by atoms with Crippen molar-refractivity contribution in [1.29, 1.82) is 0 Å². The van der Waals surface area contributed by atoms with Gasteiger partial charge in [-0.15, -0.1) is 0 Å². The zero-order valence-corrected chi connectivity index (χ0v) is 9.19. The van der Waals surface area contributed by atoms with Crippen LogP contribution in [0, 0.1) is 6.92 Å². The van der Waals surface area contributed by atoms with E-state index in [2.05, 4.69) is 10.1 Å². The summed E-state index contributed by atoms with van der Waals surface area (Å²) >= 11 is 0. The molecule has 0 atom stereocenters. The minimum Gasteiger partial charge on any atom is -0.481 e. The van der Waals surface area contributed by atoms with Crippen molar-refractivity contribution in [3.63, 3.8) is 0 Å². The number of aromatic nitrogens is 3. The van der Waals surface area contributed by atoms with Crippen LogP contribution in [0.15, 0.2) is 18.5 Å². The smallest absolute Gasteiger partial charge is 0.309 e. The summed E-state index contributed by atoms with van der Waals surface area (Å²) in [5, 5.41) is 13.0. The van der Waals surface area contributed by atoms with Gasteiger partial charge in [-0.25, -0.2) is 0 Å². The zero-order chi connectivity index (χ0) is 11.7. The first kappa shape index (κ1) is 10.5. The summed E-state index contributed by atoms with van der Waals surface area (Å²) in [6, 6.07) is 1.94. The van der Waals surface area contributed by atoms with Crippen molar-refractivity contribution < 1.29 is 9.90 Å². The van der Waals surface area contributed by atoms with Gasteiger partial charge in [-0.05, 0) is 18.6 Å². The fourth-order valence-corrected chi connectivity index (χ4v) is 1.87. The average Bonchev–Trinajstić information content (AvgIpc) is 2.76. The van der Waals surface area contributed by atoms with Crippen molar-refractivity contribution in [2.45, 2.75) is 13.3 Å². The molecule has 0 amide bonds. The second-order valence-corrected chi connectivity index (χ2v) is 3.71. The lowest BCUT2D eigenvalue weighted by Crippen LogP contribution is -2.02. The summed E-state index contributed by atoms with van der Waals surface area (Å²) in [5.74, 6) is -0.859. The van der Waals surface area contributed by atoms with Crippen molar-refractivity contribution in [1.82, 2.24) is 14.8 Å². The lowest BCUT2D eigenvalue weighted by Gasteiger charge is -1.99. The Labute approximate surface area is 92.7 Å². The Morgan fingerprint density at radius 1 is 1.62 bits per heavy atom. The molecule has 0 fully saturated rings. The fourth-order valence-electron chi connectivity index (χ4n) is 1.87. The highest BCUT2D eigenvalue weighted by molar-refractivity contribution is 5.72. The van der Waals surface area contributed by atoms with E-state index in [9.17, 15) is 4.79 Å². The number of carboxylic acid groups (broad SMARTS) is 1. The number of carbonyl (C=O) groups is 1. The first-order chi connectivity index (χ1) is 7.59. The topological polar surface area (TPSA) is 70.9 Å². The van der Waals surface area contributed by atoms with E-state index in [1.54, 1.807) is 4.68 Å². The molecule has 2 rings (SSSR count). The molecule has 0 aliphatic heterocycles. The molecule has 2 aromatic heterocycles. The summed E-state index contributed by atoms with van der Waals surface area (Å²) in [5.41, 5.74) is 3.51. The van der Waals surface area contributed by atoms with Gasteiger partial charge in [0.1, 0.15) is 0 Å². The minimum absolute atomic E-state index is 0.0376. The predicted octanol–water partition coefficient (Wildman–Crippen LogP) is 1.35. The predicted molar refractivity (Wildman–Crippen MR) is 59.1 cm³/mol. The van der Waals surface area contributed by atoms with Crippen LogP contribution in [-0.2, 0) is 18.3 Å². The van der Waals surface area contributed by atoms with Gasteiger partial charge in [-0.3, -0.25) is 9.48 Å². The normalized spacial score (nSPS) is 10.6. The number of aliphatic carboxylic acids is 1. The van der Waals surface area contributed by atoms with Gasteiger partial charge in [0.2, 0.25) is 0 Å². The summed E-state index contributed by atoms with van der Waals surface area (Å²) in [4.78, 5) is 13.6. The van der Waals surface area contributed by atoms with Gasteiger partial charge in [0.25, 0.3) is 0 Å². The van der Waals surface area contributed by atoms with Gasteiger partial charge in [-0.2, -0.15) is 5.10 Å². The molecule has 0 aliphatic rings. The van der Waals surface area contributed by atoms with E-state index in [4.69, 9.17) is 5.11 Å². The van der Waals surface area contributed by atoms with Crippen LogP contribution in [-0.4, -0.2) is 25.8 Å². The number of aromatic amines is 1. The van der Waals surface area contributed by atoms with Gasteiger partial charge >= 0.3 is 5.97 Å². The fraction of sp³-hybridized carbons (Fsp3) is 0.273. The number of rotatable bonds is 3.